The highest BCUT2D eigenvalue weighted by Gasteiger charge is 2.08. The number of benzene rings is 1. The number of nitrogens with two attached hydrogens (primary N) is 1. The maximum absolute atomic E-state index is 11.8. The Morgan fingerprint density at radius 2 is 1.95 bits per heavy atom. The van der Waals surface area contributed by atoms with E-state index in [1.807, 2.05) is 6.92 Å². The zero-order chi connectivity index (χ0) is 15.2. The molecule has 110 valence electrons. The summed E-state index contributed by atoms with van der Waals surface area (Å²) in [6.45, 7) is 2.16. The van der Waals surface area contributed by atoms with Gasteiger partial charge in [0.05, 0.1) is 12.7 Å². The summed E-state index contributed by atoms with van der Waals surface area (Å²) in [5.74, 6) is -0.580. The molecule has 0 unspecified atom stereocenters. The molecule has 7 nitrogen and oxygen atoms in total. The number of hydrogen-bond donors (Lipinski definition) is 4. The van der Waals surface area contributed by atoms with Crippen molar-refractivity contribution >= 4 is 17.5 Å². The number of carbonyl (C=O) groups excluding carboxylic acids is 2. The van der Waals surface area contributed by atoms with Crippen LogP contribution in [0.3, 0.4) is 0 Å². The number of nitrogens with one attached hydrogen (secondary N) is 3. The first-order valence-corrected chi connectivity index (χ1v) is 6.45. The number of anilines is 1. The van der Waals surface area contributed by atoms with Crippen molar-refractivity contribution in [1.82, 2.24) is 20.8 Å². The van der Waals surface area contributed by atoms with E-state index in [1.54, 1.807) is 30.5 Å². The van der Waals surface area contributed by atoms with Gasteiger partial charge in [-0.25, -0.2) is 0 Å². The zero-order valence-corrected chi connectivity index (χ0v) is 11.6. The number of nitrogen functional groups attached to an aromatic ring is 1. The summed E-state index contributed by atoms with van der Waals surface area (Å²) < 4.78 is 0. The van der Waals surface area contributed by atoms with E-state index in [-0.39, 0.29) is 18.4 Å². The Balaban J connectivity index is 1.77. The number of hydrogen-bond acceptors (Lipinski definition) is 4. The Morgan fingerprint density at radius 1 is 1.24 bits per heavy atom. The van der Waals surface area contributed by atoms with E-state index < -0.39 is 0 Å². The van der Waals surface area contributed by atoms with Crippen LogP contribution >= 0.6 is 0 Å². The van der Waals surface area contributed by atoms with Crippen LogP contribution in [-0.2, 0) is 11.3 Å². The molecule has 7 heteroatoms. The van der Waals surface area contributed by atoms with Crippen LogP contribution in [0.5, 0.6) is 0 Å². The number of aromatic nitrogens is 2. The van der Waals surface area contributed by atoms with Crippen LogP contribution in [-0.4, -0.2) is 28.6 Å². The van der Waals surface area contributed by atoms with Gasteiger partial charge in [0, 0.05) is 29.1 Å². The predicted octanol–water partition coefficient (Wildman–Crippen LogP) is 0.347. The minimum absolute atomic E-state index is 0.0832. The first-order chi connectivity index (χ1) is 10.1. The molecular formula is C14H17N5O2. The van der Waals surface area contributed by atoms with Crippen molar-refractivity contribution in [2.75, 3.05) is 12.3 Å². The van der Waals surface area contributed by atoms with Gasteiger partial charge in [0.25, 0.3) is 5.91 Å². The molecule has 1 heterocycles. The van der Waals surface area contributed by atoms with Crippen molar-refractivity contribution in [3.8, 4) is 0 Å². The molecule has 0 atom stereocenters. The zero-order valence-electron chi connectivity index (χ0n) is 11.6. The lowest BCUT2D eigenvalue weighted by Gasteiger charge is -2.07. The van der Waals surface area contributed by atoms with Gasteiger partial charge in [-0.15, -0.1) is 0 Å². The van der Waals surface area contributed by atoms with E-state index >= 15 is 0 Å². The van der Waals surface area contributed by atoms with Crippen LogP contribution < -0.4 is 16.4 Å². The predicted molar refractivity (Wildman–Crippen MR) is 78.4 cm³/mol. The smallest absolute Gasteiger partial charge is 0.251 e. The van der Waals surface area contributed by atoms with Gasteiger partial charge < -0.3 is 16.4 Å². The highest BCUT2D eigenvalue weighted by atomic mass is 16.2. The fraction of sp³-hybridized carbons (Fsp3) is 0.214. The van der Waals surface area contributed by atoms with Gasteiger partial charge in [0.15, 0.2) is 0 Å². The topological polar surface area (TPSA) is 113 Å². The first kappa shape index (κ1) is 14.6. The maximum atomic E-state index is 11.8. The average molecular weight is 287 g/mol. The summed E-state index contributed by atoms with van der Waals surface area (Å²) in [7, 11) is 0. The van der Waals surface area contributed by atoms with Gasteiger partial charge in [0.1, 0.15) is 0 Å². The lowest BCUT2D eigenvalue weighted by Crippen LogP contribution is -2.36. The summed E-state index contributed by atoms with van der Waals surface area (Å²) >= 11 is 0. The molecule has 1 aromatic heterocycles. The summed E-state index contributed by atoms with van der Waals surface area (Å²) in [5.41, 5.74) is 8.40. The molecule has 0 bridgehead atoms. The molecule has 1 aromatic carbocycles. The minimum Gasteiger partial charge on any atom is -0.399 e. The van der Waals surface area contributed by atoms with E-state index in [2.05, 4.69) is 20.8 Å². The highest BCUT2D eigenvalue weighted by molar-refractivity contribution is 5.96. The van der Waals surface area contributed by atoms with E-state index in [0.717, 1.165) is 11.3 Å². The largest absolute Gasteiger partial charge is 0.399 e. The van der Waals surface area contributed by atoms with Crippen molar-refractivity contribution < 1.29 is 9.59 Å². The molecule has 2 aromatic rings. The second-order valence-corrected chi connectivity index (χ2v) is 4.60. The molecule has 0 aliphatic heterocycles. The molecule has 2 rings (SSSR count). The van der Waals surface area contributed by atoms with E-state index in [4.69, 9.17) is 5.73 Å². The fourth-order valence-corrected chi connectivity index (χ4v) is 1.71. The summed E-state index contributed by atoms with van der Waals surface area (Å²) in [6.07, 6.45) is 1.66. The van der Waals surface area contributed by atoms with Gasteiger partial charge in [0.2, 0.25) is 5.91 Å². The van der Waals surface area contributed by atoms with E-state index in [1.165, 1.54) is 0 Å². The lowest BCUT2D eigenvalue weighted by atomic mass is 10.2. The minimum atomic E-state index is -0.315. The molecule has 0 aliphatic carbocycles. The van der Waals surface area contributed by atoms with Crippen molar-refractivity contribution in [3.63, 3.8) is 0 Å². The number of aromatic amines is 1. The van der Waals surface area contributed by atoms with Gasteiger partial charge in [-0.1, -0.05) is 0 Å². The SMILES string of the molecule is Cc1[nH]ncc1CNC(=O)CNC(=O)c1ccc(N)cc1. The first-order valence-electron chi connectivity index (χ1n) is 6.45. The third kappa shape index (κ3) is 4.07. The molecule has 0 saturated carbocycles. The third-order valence-corrected chi connectivity index (χ3v) is 2.99. The monoisotopic (exact) mass is 287 g/mol. The summed E-state index contributed by atoms with van der Waals surface area (Å²) in [4.78, 5) is 23.5. The molecular weight excluding hydrogens is 270 g/mol. The van der Waals surface area contributed by atoms with Crippen molar-refractivity contribution in [2.45, 2.75) is 13.5 Å². The molecule has 5 N–H and O–H groups in total. The Bertz CT molecular complexity index is 633. The van der Waals surface area contributed by atoms with Crippen molar-refractivity contribution in [3.05, 3.63) is 47.3 Å². The molecule has 0 fully saturated rings. The van der Waals surface area contributed by atoms with Crippen LogP contribution in [0, 0.1) is 6.92 Å². The second-order valence-electron chi connectivity index (χ2n) is 4.60. The quantitative estimate of drug-likeness (QED) is 0.594. The highest BCUT2D eigenvalue weighted by Crippen LogP contribution is 2.05. The molecule has 0 saturated heterocycles. The molecule has 2 amide bonds. The Kier molecular flexibility index (Phi) is 4.55. The van der Waals surface area contributed by atoms with Gasteiger partial charge in [-0.2, -0.15) is 5.10 Å². The standard InChI is InChI=1S/C14H17N5O2/c1-9-11(7-18-19-9)6-16-13(20)8-17-14(21)10-2-4-12(15)5-3-10/h2-5,7H,6,8,15H2,1H3,(H,16,20)(H,17,21)(H,18,19). The van der Waals surface area contributed by atoms with Crippen LogP contribution in [0.4, 0.5) is 5.69 Å². The summed E-state index contributed by atoms with van der Waals surface area (Å²) in [5, 5.41) is 11.9. The van der Waals surface area contributed by atoms with E-state index in [0.29, 0.717) is 17.8 Å². The Labute approximate surface area is 121 Å². The van der Waals surface area contributed by atoms with Crippen LogP contribution in [0.25, 0.3) is 0 Å². The lowest BCUT2D eigenvalue weighted by molar-refractivity contribution is -0.120. The van der Waals surface area contributed by atoms with Crippen molar-refractivity contribution in [2.24, 2.45) is 0 Å². The number of nitrogens with zero attached hydrogens (tertiary/aromatic N) is 1. The fourth-order valence-electron chi connectivity index (χ4n) is 1.71. The molecule has 21 heavy (non-hydrogen) atoms. The Morgan fingerprint density at radius 3 is 2.57 bits per heavy atom. The molecule has 0 radical (unpaired) electrons. The number of rotatable bonds is 5. The number of amides is 2. The molecule has 0 aliphatic rings. The van der Waals surface area contributed by atoms with Crippen LogP contribution in [0.1, 0.15) is 21.6 Å². The van der Waals surface area contributed by atoms with Gasteiger partial charge in [-0.05, 0) is 31.2 Å². The normalized spacial score (nSPS) is 10.1. The number of H-pyrrole nitrogens is 1. The molecule has 0 spiro atoms. The van der Waals surface area contributed by atoms with Crippen LogP contribution in [0.15, 0.2) is 30.5 Å². The third-order valence-electron chi connectivity index (χ3n) is 2.99. The van der Waals surface area contributed by atoms with Gasteiger partial charge >= 0.3 is 0 Å². The van der Waals surface area contributed by atoms with Crippen LogP contribution in [0.2, 0.25) is 0 Å². The van der Waals surface area contributed by atoms with Gasteiger partial charge in [-0.3, -0.25) is 14.7 Å². The second kappa shape index (κ2) is 6.56. The maximum Gasteiger partial charge on any atom is 0.251 e. The van der Waals surface area contributed by atoms with E-state index in [9.17, 15) is 9.59 Å². The number of aryl methyl sites for hydroxylation is 1. The number of carbonyl (C=O) groups is 2. The Hall–Kier alpha value is -2.83. The summed E-state index contributed by atoms with van der Waals surface area (Å²) in [6, 6.07) is 6.49. The van der Waals surface area contributed by atoms with Crippen molar-refractivity contribution in [1.29, 1.82) is 0 Å². The average Bonchev–Trinajstić information content (AvgIpc) is 2.88.